The highest BCUT2D eigenvalue weighted by molar-refractivity contribution is 5.92. The zero-order valence-electron chi connectivity index (χ0n) is 15.6. The Bertz CT molecular complexity index is 694. The molecule has 0 saturated heterocycles. The van der Waals surface area contributed by atoms with E-state index in [1.807, 2.05) is 43.3 Å². The molecule has 0 atom stereocenters. The molecular weight excluding hydrogens is 312 g/mol. The molecule has 2 rings (SSSR count). The van der Waals surface area contributed by atoms with Crippen molar-refractivity contribution in [2.24, 2.45) is 0 Å². The van der Waals surface area contributed by atoms with Crippen LogP contribution >= 0.6 is 0 Å². The van der Waals surface area contributed by atoms with Crippen LogP contribution in [-0.2, 0) is 11.3 Å². The van der Waals surface area contributed by atoms with Crippen LogP contribution in [0.2, 0.25) is 0 Å². The van der Waals surface area contributed by atoms with E-state index in [1.54, 1.807) is 7.11 Å². The van der Waals surface area contributed by atoms with Crippen LogP contribution in [0.4, 0.5) is 5.69 Å². The summed E-state index contributed by atoms with van der Waals surface area (Å²) >= 11 is 0. The first kappa shape index (κ1) is 19.0. The number of amides is 1. The SMILES string of the molecule is COc1ccc(CNCCC(=O)Nc2c(C)cccc2C(C)C)cc1. The molecular formula is C21H28N2O2. The summed E-state index contributed by atoms with van der Waals surface area (Å²) in [4.78, 5) is 12.3. The number of carbonyl (C=O) groups is 1. The Kier molecular flexibility index (Phi) is 7.02. The van der Waals surface area contributed by atoms with Gasteiger partial charge in [-0.3, -0.25) is 4.79 Å². The van der Waals surface area contributed by atoms with Crippen molar-refractivity contribution in [1.29, 1.82) is 0 Å². The maximum atomic E-state index is 12.3. The topological polar surface area (TPSA) is 50.4 Å². The second-order valence-electron chi connectivity index (χ2n) is 6.52. The van der Waals surface area contributed by atoms with Crippen molar-refractivity contribution in [3.05, 3.63) is 59.2 Å². The van der Waals surface area contributed by atoms with Crippen molar-refractivity contribution >= 4 is 11.6 Å². The lowest BCUT2D eigenvalue weighted by Crippen LogP contribution is -2.22. The van der Waals surface area contributed by atoms with Crippen molar-refractivity contribution in [3.63, 3.8) is 0 Å². The van der Waals surface area contributed by atoms with Crippen molar-refractivity contribution in [2.45, 2.75) is 39.7 Å². The molecule has 4 nitrogen and oxygen atoms in total. The van der Waals surface area contributed by atoms with E-state index < -0.39 is 0 Å². The highest BCUT2D eigenvalue weighted by Gasteiger charge is 2.11. The summed E-state index contributed by atoms with van der Waals surface area (Å²) in [6, 6.07) is 14.1. The van der Waals surface area contributed by atoms with E-state index in [-0.39, 0.29) is 5.91 Å². The molecule has 0 aromatic heterocycles. The van der Waals surface area contributed by atoms with Gasteiger partial charge in [0, 0.05) is 25.2 Å². The van der Waals surface area contributed by atoms with Gasteiger partial charge in [-0.15, -0.1) is 0 Å². The van der Waals surface area contributed by atoms with E-state index >= 15 is 0 Å². The molecule has 0 aliphatic carbocycles. The third kappa shape index (κ3) is 5.61. The average molecular weight is 340 g/mol. The van der Waals surface area contributed by atoms with Gasteiger partial charge in [0.1, 0.15) is 5.75 Å². The molecule has 4 heteroatoms. The summed E-state index contributed by atoms with van der Waals surface area (Å²) < 4.78 is 5.15. The minimum absolute atomic E-state index is 0.0402. The van der Waals surface area contributed by atoms with E-state index in [4.69, 9.17) is 4.74 Å². The number of hydrogen-bond acceptors (Lipinski definition) is 3. The largest absolute Gasteiger partial charge is 0.497 e. The number of carbonyl (C=O) groups excluding carboxylic acids is 1. The Morgan fingerprint density at radius 2 is 1.84 bits per heavy atom. The van der Waals surface area contributed by atoms with Gasteiger partial charge in [0.2, 0.25) is 5.91 Å². The van der Waals surface area contributed by atoms with Crippen LogP contribution in [0.3, 0.4) is 0 Å². The predicted molar refractivity (Wildman–Crippen MR) is 103 cm³/mol. The Morgan fingerprint density at radius 1 is 1.12 bits per heavy atom. The van der Waals surface area contributed by atoms with Crippen LogP contribution in [0, 0.1) is 6.92 Å². The minimum Gasteiger partial charge on any atom is -0.497 e. The van der Waals surface area contributed by atoms with Gasteiger partial charge in [-0.05, 0) is 41.7 Å². The fourth-order valence-corrected chi connectivity index (χ4v) is 2.72. The van der Waals surface area contributed by atoms with E-state index in [2.05, 4.69) is 30.5 Å². The Hall–Kier alpha value is -2.33. The fourth-order valence-electron chi connectivity index (χ4n) is 2.72. The van der Waals surface area contributed by atoms with E-state index in [0.717, 1.165) is 23.5 Å². The van der Waals surface area contributed by atoms with E-state index in [1.165, 1.54) is 11.1 Å². The number of nitrogens with one attached hydrogen (secondary N) is 2. The molecule has 0 bridgehead atoms. The first-order valence-electron chi connectivity index (χ1n) is 8.74. The van der Waals surface area contributed by atoms with Crippen LogP contribution in [0.5, 0.6) is 5.75 Å². The van der Waals surface area contributed by atoms with E-state index in [9.17, 15) is 4.79 Å². The Labute approximate surface area is 150 Å². The normalized spacial score (nSPS) is 10.8. The van der Waals surface area contributed by atoms with Gasteiger partial charge >= 0.3 is 0 Å². The highest BCUT2D eigenvalue weighted by Crippen LogP contribution is 2.27. The van der Waals surface area contributed by atoms with Gasteiger partial charge in [0.15, 0.2) is 0 Å². The number of anilines is 1. The number of benzene rings is 2. The molecule has 2 aromatic rings. The summed E-state index contributed by atoms with van der Waals surface area (Å²) in [5, 5.41) is 6.38. The van der Waals surface area contributed by atoms with Crippen molar-refractivity contribution in [1.82, 2.24) is 5.32 Å². The molecule has 0 saturated carbocycles. The molecule has 0 aliphatic heterocycles. The number of hydrogen-bond donors (Lipinski definition) is 2. The fraction of sp³-hybridized carbons (Fsp3) is 0.381. The molecule has 0 aliphatic rings. The maximum absolute atomic E-state index is 12.3. The monoisotopic (exact) mass is 340 g/mol. The molecule has 25 heavy (non-hydrogen) atoms. The van der Waals surface area contributed by atoms with Gasteiger partial charge in [-0.25, -0.2) is 0 Å². The molecule has 0 spiro atoms. The smallest absolute Gasteiger partial charge is 0.225 e. The van der Waals surface area contributed by atoms with Crippen molar-refractivity contribution in [3.8, 4) is 5.75 Å². The predicted octanol–water partition coefficient (Wildman–Crippen LogP) is 4.25. The first-order valence-corrected chi connectivity index (χ1v) is 8.74. The van der Waals surface area contributed by atoms with Crippen LogP contribution in [0.25, 0.3) is 0 Å². The van der Waals surface area contributed by atoms with E-state index in [0.29, 0.717) is 18.9 Å². The van der Waals surface area contributed by atoms with Crippen LogP contribution in [-0.4, -0.2) is 19.6 Å². The lowest BCUT2D eigenvalue weighted by molar-refractivity contribution is -0.116. The maximum Gasteiger partial charge on any atom is 0.225 e. The third-order valence-corrected chi connectivity index (χ3v) is 4.21. The van der Waals surface area contributed by atoms with Gasteiger partial charge in [0.25, 0.3) is 0 Å². The zero-order valence-corrected chi connectivity index (χ0v) is 15.6. The number of ether oxygens (including phenoxy) is 1. The van der Waals surface area contributed by atoms with Gasteiger partial charge < -0.3 is 15.4 Å². The number of aryl methyl sites for hydroxylation is 1. The minimum atomic E-state index is 0.0402. The lowest BCUT2D eigenvalue weighted by Gasteiger charge is -2.16. The summed E-state index contributed by atoms with van der Waals surface area (Å²) in [6.45, 7) is 7.69. The number of rotatable bonds is 8. The summed E-state index contributed by atoms with van der Waals surface area (Å²) in [5.41, 5.74) is 4.41. The standard InChI is InChI=1S/C21H28N2O2/c1-15(2)19-7-5-6-16(3)21(19)23-20(24)12-13-22-14-17-8-10-18(25-4)11-9-17/h5-11,15,22H,12-14H2,1-4H3,(H,23,24). The summed E-state index contributed by atoms with van der Waals surface area (Å²) in [5.74, 6) is 1.27. The van der Waals surface area contributed by atoms with Gasteiger partial charge in [0.05, 0.1) is 7.11 Å². The lowest BCUT2D eigenvalue weighted by atomic mass is 9.98. The molecule has 1 amide bonds. The Balaban J connectivity index is 1.81. The highest BCUT2D eigenvalue weighted by atomic mass is 16.5. The summed E-state index contributed by atoms with van der Waals surface area (Å²) in [6.07, 6.45) is 0.446. The number of para-hydroxylation sites is 1. The van der Waals surface area contributed by atoms with Crippen LogP contribution < -0.4 is 15.4 Å². The first-order chi connectivity index (χ1) is 12.0. The molecule has 2 aromatic carbocycles. The van der Waals surface area contributed by atoms with Crippen molar-refractivity contribution < 1.29 is 9.53 Å². The molecule has 0 unspecified atom stereocenters. The molecule has 134 valence electrons. The Morgan fingerprint density at radius 3 is 2.48 bits per heavy atom. The number of methoxy groups -OCH3 is 1. The molecule has 0 heterocycles. The third-order valence-electron chi connectivity index (χ3n) is 4.21. The second-order valence-corrected chi connectivity index (χ2v) is 6.52. The van der Waals surface area contributed by atoms with Gasteiger partial charge in [-0.2, -0.15) is 0 Å². The van der Waals surface area contributed by atoms with Crippen LogP contribution in [0.15, 0.2) is 42.5 Å². The van der Waals surface area contributed by atoms with Gasteiger partial charge in [-0.1, -0.05) is 44.2 Å². The average Bonchev–Trinajstić information content (AvgIpc) is 2.60. The molecule has 2 N–H and O–H groups in total. The van der Waals surface area contributed by atoms with Crippen molar-refractivity contribution in [2.75, 3.05) is 19.0 Å². The zero-order chi connectivity index (χ0) is 18.2. The quantitative estimate of drug-likeness (QED) is 0.707. The second kappa shape index (κ2) is 9.23. The summed E-state index contributed by atoms with van der Waals surface area (Å²) in [7, 11) is 1.66. The molecule has 0 radical (unpaired) electrons. The van der Waals surface area contributed by atoms with Crippen LogP contribution in [0.1, 0.15) is 42.9 Å². The molecule has 0 fully saturated rings.